The lowest BCUT2D eigenvalue weighted by Gasteiger charge is -2.13. The number of hydrogen-bond acceptors (Lipinski definition) is 2. The summed E-state index contributed by atoms with van der Waals surface area (Å²) in [5, 5.41) is 0.946. The second-order valence-corrected chi connectivity index (χ2v) is 6.53. The number of sulfone groups is 1. The zero-order chi connectivity index (χ0) is 9.78. The van der Waals surface area contributed by atoms with Crippen molar-refractivity contribution >= 4 is 25.8 Å². The first kappa shape index (κ1) is 12.4. The summed E-state index contributed by atoms with van der Waals surface area (Å²) < 4.78 is 21.8. The van der Waals surface area contributed by atoms with Gasteiger partial charge in [-0.25, -0.2) is 8.42 Å². The van der Waals surface area contributed by atoms with Crippen LogP contribution in [0.25, 0.3) is 0 Å². The van der Waals surface area contributed by atoms with E-state index in [4.69, 9.17) is 0 Å². The van der Waals surface area contributed by atoms with E-state index < -0.39 is 9.84 Å². The minimum Gasteiger partial charge on any atom is -0.229 e. The lowest BCUT2D eigenvalue weighted by Crippen LogP contribution is -2.15. The fraction of sp³-hybridized carbons (Fsp3) is 1.00. The summed E-state index contributed by atoms with van der Waals surface area (Å²) in [4.78, 5) is 0. The highest BCUT2D eigenvalue weighted by atomic mass is 79.9. The van der Waals surface area contributed by atoms with Crippen LogP contribution in [0.3, 0.4) is 0 Å². The Balaban J connectivity index is 3.82. The molecule has 2 nitrogen and oxygen atoms in total. The van der Waals surface area contributed by atoms with Gasteiger partial charge < -0.3 is 0 Å². The van der Waals surface area contributed by atoms with E-state index in [1.807, 2.05) is 6.92 Å². The molecule has 0 fully saturated rings. The Kier molecular flexibility index (Phi) is 5.41. The van der Waals surface area contributed by atoms with Crippen LogP contribution >= 0.6 is 15.9 Å². The number of halogens is 1. The monoisotopic (exact) mass is 256 g/mol. The summed E-state index contributed by atoms with van der Waals surface area (Å²) in [5.41, 5.74) is 0. The third-order valence-electron chi connectivity index (χ3n) is 1.66. The van der Waals surface area contributed by atoms with Crippen LogP contribution in [0.4, 0.5) is 0 Å². The van der Waals surface area contributed by atoms with E-state index in [1.165, 1.54) is 6.26 Å². The topological polar surface area (TPSA) is 34.1 Å². The maximum absolute atomic E-state index is 10.9. The summed E-state index contributed by atoms with van der Waals surface area (Å²) >= 11 is 3.37. The molecule has 2 atom stereocenters. The van der Waals surface area contributed by atoms with Gasteiger partial charge in [0.05, 0.1) is 5.75 Å². The van der Waals surface area contributed by atoms with Crippen molar-refractivity contribution in [3.63, 3.8) is 0 Å². The zero-order valence-electron chi connectivity index (χ0n) is 7.88. The number of hydrogen-bond donors (Lipinski definition) is 0. The highest BCUT2D eigenvalue weighted by molar-refractivity contribution is 9.09. The quantitative estimate of drug-likeness (QED) is 0.707. The standard InChI is InChI=1S/C8H17BrO2S/c1-7(5-9)4-8(2)6-12(3,10)11/h7-8H,4-6H2,1-3H3. The molecule has 0 aliphatic rings. The Labute approximate surface area is 83.8 Å². The molecule has 0 radical (unpaired) electrons. The molecule has 0 aliphatic carbocycles. The van der Waals surface area contributed by atoms with Crippen LogP contribution in [-0.4, -0.2) is 25.8 Å². The Bertz CT molecular complexity index is 211. The summed E-state index contributed by atoms with van der Waals surface area (Å²) in [6, 6.07) is 0. The molecule has 2 unspecified atom stereocenters. The van der Waals surface area contributed by atoms with Crippen molar-refractivity contribution in [3.05, 3.63) is 0 Å². The molecule has 0 rings (SSSR count). The van der Waals surface area contributed by atoms with E-state index in [1.54, 1.807) is 0 Å². The van der Waals surface area contributed by atoms with E-state index in [-0.39, 0.29) is 5.92 Å². The Hall–Kier alpha value is 0.430. The van der Waals surface area contributed by atoms with Gasteiger partial charge in [0, 0.05) is 11.6 Å². The van der Waals surface area contributed by atoms with E-state index in [9.17, 15) is 8.42 Å². The van der Waals surface area contributed by atoms with Gasteiger partial charge in [0.15, 0.2) is 0 Å². The molecule has 74 valence electrons. The van der Waals surface area contributed by atoms with E-state index in [2.05, 4.69) is 22.9 Å². The molecule has 4 heteroatoms. The highest BCUT2D eigenvalue weighted by Gasteiger charge is 2.12. The van der Waals surface area contributed by atoms with Crippen LogP contribution in [-0.2, 0) is 9.84 Å². The van der Waals surface area contributed by atoms with Crippen molar-refractivity contribution in [3.8, 4) is 0 Å². The first-order valence-electron chi connectivity index (χ1n) is 4.09. The molecule has 12 heavy (non-hydrogen) atoms. The van der Waals surface area contributed by atoms with Gasteiger partial charge in [-0.05, 0) is 18.3 Å². The normalized spacial score (nSPS) is 17.3. The molecule has 0 aliphatic heterocycles. The van der Waals surface area contributed by atoms with Crippen LogP contribution in [0.5, 0.6) is 0 Å². The van der Waals surface area contributed by atoms with Gasteiger partial charge in [0.25, 0.3) is 0 Å². The largest absolute Gasteiger partial charge is 0.229 e. The molecule has 0 saturated carbocycles. The van der Waals surface area contributed by atoms with Crippen molar-refractivity contribution in [1.29, 1.82) is 0 Å². The van der Waals surface area contributed by atoms with Crippen LogP contribution in [0, 0.1) is 11.8 Å². The maximum Gasteiger partial charge on any atom is 0.147 e. The van der Waals surface area contributed by atoms with Crippen molar-refractivity contribution in [1.82, 2.24) is 0 Å². The first-order valence-corrected chi connectivity index (χ1v) is 7.27. The summed E-state index contributed by atoms with van der Waals surface area (Å²) in [5.74, 6) is 1.14. The van der Waals surface area contributed by atoms with Crippen LogP contribution in [0.2, 0.25) is 0 Å². The lowest BCUT2D eigenvalue weighted by atomic mass is 10.0. The van der Waals surface area contributed by atoms with E-state index in [0.717, 1.165) is 11.8 Å². The Morgan fingerprint density at radius 2 is 1.75 bits per heavy atom. The molecular formula is C8H17BrO2S. The van der Waals surface area contributed by atoms with Crippen molar-refractivity contribution < 1.29 is 8.42 Å². The molecule has 0 heterocycles. The third kappa shape index (κ3) is 7.10. The average molecular weight is 257 g/mol. The molecule has 0 amide bonds. The van der Waals surface area contributed by atoms with Gasteiger partial charge in [0.1, 0.15) is 9.84 Å². The predicted octanol–water partition coefficient (Wildman–Crippen LogP) is 2.09. The predicted molar refractivity (Wildman–Crippen MR) is 56.4 cm³/mol. The number of rotatable bonds is 5. The van der Waals surface area contributed by atoms with Crippen molar-refractivity contribution in [2.24, 2.45) is 11.8 Å². The summed E-state index contributed by atoms with van der Waals surface area (Å²) in [7, 11) is -2.79. The smallest absolute Gasteiger partial charge is 0.147 e. The molecule has 0 N–H and O–H groups in total. The highest BCUT2D eigenvalue weighted by Crippen LogP contribution is 2.15. The third-order valence-corrected chi connectivity index (χ3v) is 3.94. The lowest BCUT2D eigenvalue weighted by molar-refractivity contribution is 0.473. The van der Waals surface area contributed by atoms with Gasteiger partial charge in [-0.15, -0.1) is 0 Å². The fourth-order valence-electron chi connectivity index (χ4n) is 1.33. The fourth-order valence-corrected chi connectivity index (χ4v) is 2.77. The molecule has 0 aromatic heterocycles. The second kappa shape index (κ2) is 5.22. The van der Waals surface area contributed by atoms with E-state index in [0.29, 0.717) is 11.7 Å². The van der Waals surface area contributed by atoms with Crippen molar-refractivity contribution in [2.75, 3.05) is 17.3 Å². The molecule has 0 aromatic carbocycles. The molecule has 0 saturated heterocycles. The van der Waals surface area contributed by atoms with Gasteiger partial charge in [0.2, 0.25) is 0 Å². The van der Waals surface area contributed by atoms with Crippen LogP contribution in [0.15, 0.2) is 0 Å². The average Bonchev–Trinajstić information content (AvgIpc) is 1.82. The second-order valence-electron chi connectivity index (χ2n) is 3.69. The summed E-state index contributed by atoms with van der Waals surface area (Å²) in [6.45, 7) is 4.10. The van der Waals surface area contributed by atoms with Crippen LogP contribution < -0.4 is 0 Å². The minimum atomic E-state index is -2.79. The van der Waals surface area contributed by atoms with Gasteiger partial charge in [-0.3, -0.25) is 0 Å². The zero-order valence-corrected chi connectivity index (χ0v) is 10.3. The van der Waals surface area contributed by atoms with Crippen LogP contribution in [0.1, 0.15) is 20.3 Å². The Morgan fingerprint density at radius 3 is 2.08 bits per heavy atom. The van der Waals surface area contributed by atoms with Gasteiger partial charge in [-0.1, -0.05) is 29.8 Å². The number of alkyl halides is 1. The molecule has 0 aromatic rings. The van der Waals surface area contributed by atoms with Crippen molar-refractivity contribution in [2.45, 2.75) is 20.3 Å². The minimum absolute atomic E-state index is 0.271. The van der Waals surface area contributed by atoms with Gasteiger partial charge >= 0.3 is 0 Å². The SMILES string of the molecule is CC(CBr)CC(C)CS(C)(=O)=O. The van der Waals surface area contributed by atoms with E-state index >= 15 is 0 Å². The Morgan fingerprint density at radius 1 is 1.25 bits per heavy atom. The first-order chi connectivity index (χ1) is 5.35. The molecular weight excluding hydrogens is 240 g/mol. The summed E-state index contributed by atoms with van der Waals surface area (Å²) in [6.07, 6.45) is 2.26. The van der Waals surface area contributed by atoms with Gasteiger partial charge in [-0.2, -0.15) is 0 Å². The molecule has 0 bridgehead atoms. The molecule has 0 spiro atoms. The maximum atomic E-state index is 10.9.